The van der Waals surface area contributed by atoms with E-state index in [9.17, 15) is 8.42 Å². The van der Waals surface area contributed by atoms with E-state index < -0.39 is 10.0 Å². The van der Waals surface area contributed by atoms with E-state index in [-0.39, 0.29) is 6.04 Å². The zero-order valence-corrected chi connectivity index (χ0v) is 12.1. The minimum Gasteiger partial charge on any atom is -0.317 e. The fourth-order valence-corrected chi connectivity index (χ4v) is 4.60. The molecular formula is C12H26N2O2S. The van der Waals surface area contributed by atoms with Crippen LogP contribution in [0.4, 0.5) is 0 Å². The second kappa shape index (κ2) is 6.71. The summed E-state index contributed by atoms with van der Waals surface area (Å²) in [5.74, 6) is 0.659. The van der Waals surface area contributed by atoms with Gasteiger partial charge < -0.3 is 5.32 Å². The first-order valence-corrected chi connectivity index (χ1v) is 8.28. The Kier molecular flexibility index (Phi) is 5.89. The number of sulfonamides is 1. The van der Waals surface area contributed by atoms with Crippen molar-refractivity contribution in [2.45, 2.75) is 46.1 Å². The minimum absolute atomic E-state index is 0.0710. The Labute approximate surface area is 106 Å². The van der Waals surface area contributed by atoms with Crippen LogP contribution in [-0.4, -0.2) is 44.2 Å². The zero-order chi connectivity index (χ0) is 12.9. The summed E-state index contributed by atoms with van der Waals surface area (Å²) < 4.78 is 26.3. The van der Waals surface area contributed by atoms with Gasteiger partial charge in [-0.3, -0.25) is 0 Å². The molecule has 1 fully saturated rings. The fourth-order valence-electron chi connectivity index (χ4n) is 2.38. The Morgan fingerprint density at radius 2 is 1.88 bits per heavy atom. The van der Waals surface area contributed by atoms with Crippen LogP contribution in [0, 0.1) is 5.92 Å². The van der Waals surface area contributed by atoms with E-state index in [1.165, 1.54) is 0 Å². The number of nitrogens with zero attached hydrogens (tertiary/aromatic N) is 1. The molecule has 0 radical (unpaired) electrons. The van der Waals surface area contributed by atoms with Crippen LogP contribution in [-0.2, 0) is 10.0 Å². The number of nitrogens with one attached hydrogen (secondary N) is 1. The molecule has 102 valence electrons. The first-order valence-electron chi connectivity index (χ1n) is 6.67. The first-order chi connectivity index (χ1) is 7.97. The summed E-state index contributed by atoms with van der Waals surface area (Å²) in [6.45, 7) is 8.48. The second-order valence-electron chi connectivity index (χ2n) is 5.18. The summed E-state index contributed by atoms with van der Waals surface area (Å²) in [4.78, 5) is 0. The summed E-state index contributed by atoms with van der Waals surface area (Å²) >= 11 is 0. The van der Waals surface area contributed by atoms with Gasteiger partial charge in [0, 0.05) is 12.6 Å². The van der Waals surface area contributed by atoms with Crippen molar-refractivity contribution < 1.29 is 8.42 Å². The van der Waals surface area contributed by atoms with Crippen LogP contribution in [0.15, 0.2) is 0 Å². The van der Waals surface area contributed by atoms with E-state index in [1.807, 2.05) is 20.8 Å². The average molecular weight is 262 g/mol. The third-order valence-corrected chi connectivity index (χ3v) is 5.49. The lowest BCUT2D eigenvalue weighted by molar-refractivity contribution is 0.340. The lowest BCUT2D eigenvalue weighted by Crippen LogP contribution is -2.42. The molecule has 0 atom stereocenters. The maximum atomic E-state index is 12.3. The van der Waals surface area contributed by atoms with Crippen molar-refractivity contribution in [3.63, 3.8) is 0 Å². The van der Waals surface area contributed by atoms with Crippen LogP contribution in [0.2, 0.25) is 0 Å². The van der Waals surface area contributed by atoms with Crippen molar-refractivity contribution >= 4 is 10.0 Å². The van der Waals surface area contributed by atoms with Gasteiger partial charge in [0.15, 0.2) is 0 Å². The molecule has 1 saturated heterocycles. The van der Waals surface area contributed by atoms with E-state index in [1.54, 1.807) is 4.31 Å². The first kappa shape index (κ1) is 14.9. The summed E-state index contributed by atoms with van der Waals surface area (Å²) in [6.07, 6.45) is 2.85. The maximum Gasteiger partial charge on any atom is 0.214 e. The predicted octanol–water partition coefficient (Wildman–Crippen LogP) is 1.44. The molecule has 0 bridgehead atoms. The molecule has 0 aromatic rings. The Morgan fingerprint density at radius 1 is 1.29 bits per heavy atom. The topological polar surface area (TPSA) is 49.4 Å². The highest BCUT2D eigenvalue weighted by atomic mass is 32.2. The molecule has 1 aliphatic rings. The Bertz CT molecular complexity index is 308. The highest BCUT2D eigenvalue weighted by Gasteiger charge is 2.28. The monoisotopic (exact) mass is 262 g/mol. The van der Waals surface area contributed by atoms with Gasteiger partial charge in [0.2, 0.25) is 10.0 Å². The molecule has 1 aliphatic heterocycles. The highest BCUT2D eigenvalue weighted by Crippen LogP contribution is 2.18. The molecule has 5 heteroatoms. The van der Waals surface area contributed by atoms with Crippen molar-refractivity contribution in [2.24, 2.45) is 5.92 Å². The van der Waals surface area contributed by atoms with E-state index in [4.69, 9.17) is 0 Å². The van der Waals surface area contributed by atoms with Crippen LogP contribution in [0.5, 0.6) is 0 Å². The van der Waals surface area contributed by atoms with Gasteiger partial charge >= 0.3 is 0 Å². The third-order valence-electron chi connectivity index (χ3n) is 3.28. The lowest BCUT2D eigenvalue weighted by atomic mass is 10.0. The van der Waals surface area contributed by atoms with Crippen LogP contribution in [0.1, 0.15) is 40.0 Å². The number of piperidine rings is 1. The minimum atomic E-state index is -3.08. The summed E-state index contributed by atoms with van der Waals surface area (Å²) in [7, 11) is -3.08. The van der Waals surface area contributed by atoms with Gasteiger partial charge in [-0.2, -0.15) is 4.31 Å². The molecular weight excluding hydrogens is 236 g/mol. The van der Waals surface area contributed by atoms with E-state index in [0.29, 0.717) is 18.2 Å². The van der Waals surface area contributed by atoms with Crippen molar-refractivity contribution in [1.82, 2.24) is 9.62 Å². The Balaban J connectivity index is 2.63. The van der Waals surface area contributed by atoms with Gasteiger partial charge in [0.1, 0.15) is 0 Å². The van der Waals surface area contributed by atoms with Gasteiger partial charge in [0.25, 0.3) is 0 Å². The average Bonchev–Trinajstić information content (AvgIpc) is 2.26. The second-order valence-corrected chi connectivity index (χ2v) is 7.14. The van der Waals surface area contributed by atoms with Crippen LogP contribution >= 0.6 is 0 Å². The molecule has 0 aromatic carbocycles. The Hall–Kier alpha value is -0.130. The molecule has 0 unspecified atom stereocenters. The molecule has 0 aromatic heterocycles. The standard InChI is InChI=1S/C12H26N2O2S/c1-4-9-14(11(2)3)17(15,16)10-12-5-7-13-8-6-12/h11-13H,4-10H2,1-3H3. The Morgan fingerprint density at radius 3 is 2.35 bits per heavy atom. The summed E-state index contributed by atoms with van der Waals surface area (Å²) in [6, 6.07) is 0.0710. The molecule has 0 saturated carbocycles. The summed E-state index contributed by atoms with van der Waals surface area (Å²) in [5.41, 5.74) is 0. The highest BCUT2D eigenvalue weighted by molar-refractivity contribution is 7.89. The number of hydrogen-bond acceptors (Lipinski definition) is 3. The molecule has 1 heterocycles. The van der Waals surface area contributed by atoms with E-state index in [2.05, 4.69) is 5.32 Å². The molecule has 0 spiro atoms. The number of hydrogen-bond donors (Lipinski definition) is 1. The lowest BCUT2D eigenvalue weighted by Gasteiger charge is -2.29. The molecule has 1 rings (SSSR count). The molecule has 4 nitrogen and oxygen atoms in total. The van der Waals surface area contributed by atoms with Crippen LogP contribution < -0.4 is 5.32 Å². The van der Waals surface area contributed by atoms with Crippen LogP contribution in [0.3, 0.4) is 0 Å². The van der Waals surface area contributed by atoms with Gasteiger partial charge in [-0.15, -0.1) is 0 Å². The summed E-state index contributed by atoms with van der Waals surface area (Å²) in [5, 5.41) is 3.27. The van der Waals surface area contributed by atoms with Crippen LogP contribution in [0.25, 0.3) is 0 Å². The predicted molar refractivity (Wildman–Crippen MR) is 71.5 cm³/mol. The van der Waals surface area contributed by atoms with Crippen molar-refractivity contribution in [3.8, 4) is 0 Å². The maximum absolute atomic E-state index is 12.3. The molecule has 1 N–H and O–H groups in total. The molecule has 17 heavy (non-hydrogen) atoms. The normalized spacial score (nSPS) is 19.1. The smallest absolute Gasteiger partial charge is 0.214 e. The fraction of sp³-hybridized carbons (Fsp3) is 1.00. The van der Waals surface area contributed by atoms with E-state index in [0.717, 1.165) is 32.4 Å². The van der Waals surface area contributed by atoms with Gasteiger partial charge in [-0.05, 0) is 52.1 Å². The quantitative estimate of drug-likeness (QED) is 0.788. The molecule has 0 aliphatic carbocycles. The van der Waals surface area contributed by atoms with Crippen molar-refractivity contribution in [3.05, 3.63) is 0 Å². The van der Waals surface area contributed by atoms with Crippen molar-refractivity contribution in [1.29, 1.82) is 0 Å². The molecule has 0 amide bonds. The van der Waals surface area contributed by atoms with Gasteiger partial charge in [-0.25, -0.2) is 8.42 Å². The number of rotatable bonds is 6. The van der Waals surface area contributed by atoms with Gasteiger partial charge in [-0.1, -0.05) is 6.92 Å². The zero-order valence-electron chi connectivity index (χ0n) is 11.3. The van der Waals surface area contributed by atoms with E-state index >= 15 is 0 Å². The third kappa shape index (κ3) is 4.56. The van der Waals surface area contributed by atoms with Crippen molar-refractivity contribution in [2.75, 3.05) is 25.4 Å². The van der Waals surface area contributed by atoms with Gasteiger partial charge in [0.05, 0.1) is 5.75 Å². The SMILES string of the molecule is CCCN(C(C)C)S(=O)(=O)CC1CCNCC1. The largest absolute Gasteiger partial charge is 0.317 e.